The summed E-state index contributed by atoms with van der Waals surface area (Å²) in [7, 11) is 3.23. The first kappa shape index (κ1) is 15.6. The Morgan fingerprint density at radius 2 is 1.90 bits per heavy atom. The molecule has 0 saturated heterocycles. The molecule has 0 atom stereocenters. The maximum Gasteiger partial charge on any atom is 0.163 e. The third-order valence-corrected chi connectivity index (χ3v) is 3.48. The zero-order valence-corrected chi connectivity index (χ0v) is 12.6. The van der Waals surface area contributed by atoms with Gasteiger partial charge in [0.15, 0.2) is 11.5 Å². The molecule has 0 radical (unpaired) electrons. The van der Waals surface area contributed by atoms with Crippen molar-refractivity contribution in [1.29, 1.82) is 0 Å². The summed E-state index contributed by atoms with van der Waals surface area (Å²) in [5.74, 6) is 2.34. The molecule has 0 amide bonds. The Morgan fingerprint density at radius 3 is 2.52 bits per heavy atom. The molecule has 1 aromatic heterocycles. The van der Waals surface area contributed by atoms with Gasteiger partial charge in [0.25, 0.3) is 0 Å². The second-order valence-electron chi connectivity index (χ2n) is 4.84. The van der Waals surface area contributed by atoms with Crippen molar-refractivity contribution in [2.45, 2.75) is 25.8 Å². The fourth-order valence-corrected chi connectivity index (χ4v) is 2.43. The lowest BCUT2D eigenvalue weighted by molar-refractivity contribution is 0.279. The number of rotatable bonds is 8. The summed E-state index contributed by atoms with van der Waals surface area (Å²) >= 11 is 0. The Bertz CT molecular complexity index is 595. The van der Waals surface area contributed by atoms with Gasteiger partial charge in [-0.05, 0) is 19.4 Å². The Labute approximate surface area is 124 Å². The van der Waals surface area contributed by atoms with Crippen LogP contribution < -0.4 is 15.2 Å². The number of aromatic nitrogens is 2. The zero-order chi connectivity index (χ0) is 15.2. The molecule has 0 spiro atoms. The molecular formula is C15H23N3O3. The highest BCUT2D eigenvalue weighted by molar-refractivity contribution is 5.80. The molecule has 0 aliphatic rings. The number of methoxy groups -OCH3 is 2. The van der Waals surface area contributed by atoms with Crippen LogP contribution in [0.25, 0.3) is 11.0 Å². The van der Waals surface area contributed by atoms with Crippen LogP contribution in [0, 0.1) is 0 Å². The highest BCUT2D eigenvalue weighted by Crippen LogP contribution is 2.32. The third-order valence-electron chi connectivity index (χ3n) is 3.48. The van der Waals surface area contributed by atoms with E-state index in [4.69, 9.17) is 20.3 Å². The molecule has 0 aliphatic carbocycles. The molecule has 3 N–H and O–H groups in total. The van der Waals surface area contributed by atoms with E-state index in [9.17, 15) is 0 Å². The zero-order valence-electron chi connectivity index (χ0n) is 12.6. The van der Waals surface area contributed by atoms with Crippen LogP contribution in [0.3, 0.4) is 0 Å². The number of hydrogen-bond donors (Lipinski definition) is 2. The van der Waals surface area contributed by atoms with Gasteiger partial charge < -0.3 is 24.9 Å². The molecule has 0 aliphatic heterocycles. The SMILES string of the molecule is COc1cc2nc(CCCN)n(CCCO)c2cc1OC. The number of hydrogen-bond acceptors (Lipinski definition) is 5. The van der Waals surface area contributed by atoms with Crippen molar-refractivity contribution in [2.24, 2.45) is 5.73 Å². The number of benzene rings is 1. The van der Waals surface area contributed by atoms with Gasteiger partial charge in [0, 0.05) is 31.7 Å². The van der Waals surface area contributed by atoms with E-state index in [0.29, 0.717) is 24.5 Å². The maximum absolute atomic E-state index is 9.09. The van der Waals surface area contributed by atoms with E-state index < -0.39 is 0 Å². The molecule has 6 nitrogen and oxygen atoms in total. The van der Waals surface area contributed by atoms with Gasteiger partial charge in [0.2, 0.25) is 0 Å². The molecule has 1 heterocycles. The monoisotopic (exact) mass is 293 g/mol. The van der Waals surface area contributed by atoms with Crippen molar-refractivity contribution in [3.8, 4) is 11.5 Å². The summed E-state index contributed by atoms with van der Waals surface area (Å²) in [5, 5.41) is 9.09. The molecule has 6 heteroatoms. The lowest BCUT2D eigenvalue weighted by Gasteiger charge is -2.10. The van der Waals surface area contributed by atoms with Crippen molar-refractivity contribution in [2.75, 3.05) is 27.4 Å². The maximum atomic E-state index is 9.09. The van der Waals surface area contributed by atoms with E-state index in [0.717, 1.165) is 36.2 Å². The molecule has 116 valence electrons. The molecule has 21 heavy (non-hydrogen) atoms. The number of nitrogens with zero attached hydrogens (tertiary/aromatic N) is 2. The number of aryl methyl sites for hydroxylation is 2. The van der Waals surface area contributed by atoms with Gasteiger partial charge in [-0.3, -0.25) is 0 Å². The van der Waals surface area contributed by atoms with Crippen LogP contribution in [0.5, 0.6) is 11.5 Å². The number of aliphatic hydroxyl groups excluding tert-OH is 1. The lowest BCUT2D eigenvalue weighted by atomic mass is 10.2. The molecule has 2 aromatic rings. The predicted molar refractivity (Wildman–Crippen MR) is 81.9 cm³/mol. The van der Waals surface area contributed by atoms with Crippen LogP contribution in [-0.2, 0) is 13.0 Å². The normalized spacial score (nSPS) is 11.0. The van der Waals surface area contributed by atoms with Gasteiger partial charge in [0.1, 0.15) is 5.82 Å². The highest BCUT2D eigenvalue weighted by atomic mass is 16.5. The quantitative estimate of drug-likeness (QED) is 0.767. The fourth-order valence-electron chi connectivity index (χ4n) is 2.43. The van der Waals surface area contributed by atoms with E-state index in [1.54, 1.807) is 14.2 Å². The van der Waals surface area contributed by atoms with Gasteiger partial charge in [-0.15, -0.1) is 0 Å². The second-order valence-corrected chi connectivity index (χ2v) is 4.84. The minimum absolute atomic E-state index is 0.156. The van der Waals surface area contributed by atoms with Crippen molar-refractivity contribution in [3.63, 3.8) is 0 Å². The van der Waals surface area contributed by atoms with Crippen molar-refractivity contribution in [3.05, 3.63) is 18.0 Å². The summed E-state index contributed by atoms with van der Waals surface area (Å²) in [6.45, 7) is 1.52. The molecule has 0 unspecified atom stereocenters. The van der Waals surface area contributed by atoms with E-state index in [1.165, 1.54) is 0 Å². The van der Waals surface area contributed by atoms with Gasteiger partial charge >= 0.3 is 0 Å². The van der Waals surface area contributed by atoms with Gasteiger partial charge in [-0.2, -0.15) is 0 Å². The number of aliphatic hydroxyl groups is 1. The van der Waals surface area contributed by atoms with Crippen LogP contribution >= 0.6 is 0 Å². The van der Waals surface area contributed by atoms with Crippen molar-refractivity contribution >= 4 is 11.0 Å². The Hall–Kier alpha value is -1.79. The molecule has 2 rings (SSSR count). The largest absolute Gasteiger partial charge is 0.493 e. The Balaban J connectivity index is 2.50. The van der Waals surface area contributed by atoms with Crippen LogP contribution in [0.1, 0.15) is 18.7 Å². The number of imidazole rings is 1. The summed E-state index contributed by atoms with van der Waals surface area (Å²) in [6.07, 6.45) is 2.40. The Kier molecular flexibility index (Phi) is 5.41. The average molecular weight is 293 g/mol. The van der Waals surface area contributed by atoms with Crippen LogP contribution in [0.15, 0.2) is 12.1 Å². The lowest BCUT2D eigenvalue weighted by Crippen LogP contribution is -2.08. The topological polar surface area (TPSA) is 82.5 Å². The average Bonchev–Trinajstić information content (AvgIpc) is 2.85. The smallest absolute Gasteiger partial charge is 0.163 e. The van der Waals surface area contributed by atoms with Gasteiger partial charge in [0.05, 0.1) is 25.3 Å². The van der Waals surface area contributed by atoms with Gasteiger partial charge in [-0.25, -0.2) is 4.98 Å². The van der Waals surface area contributed by atoms with Crippen LogP contribution in [-0.4, -0.2) is 42.0 Å². The predicted octanol–water partition coefficient (Wildman–Crippen LogP) is 1.33. The fraction of sp³-hybridized carbons (Fsp3) is 0.533. The number of fused-ring (bicyclic) bond motifs is 1. The second kappa shape index (κ2) is 7.28. The summed E-state index contributed by atoms with van der Waals surface area (Å²) < 4.78 is 12.8. The van der Waals surface area contributed by atoms with Crippen molar-refractivity contribution in [1.82, 2.24) is 9.55 Å². The van der Waals surface area contributed by atoms with E-state index in [1.807, 2.05) is 12.1 Å². The first-order chi connectivity index (χ1) is 10.2. The number of nitrogens with two attached hydrogens (primary N) is 1. The summed E-state index contributed by atoms with van der Waals surface area (Å²) in [5.41, 5.74) is 7.46. The summed E-state index contributed by atoms with van der Waals surface area (Å²) in [4.78, 5) is 4.68. The Morgan fingerprint density at radius 1 is 1.19 bits per heavy atom. The van der Waals surface area contributed by atoms with E-state index >= 15 is 0 Å². The highest BCUT2D eigenvalue weighted by Gasteiger charge is 2.14. The van der Waals surface area contributed by atoms with E-state index in [2.05, 4.69) is 9.55 Å². The van der Waals surface area contributed by atoms with Gasteiger partial charge in [-0.1, -0.05) is 0 Å². The minimum atomic E-state index is 0.156. The first-order valence-corrected chi connectivity index (χ1v) is 7.17. The standard InChI is InChI=1S/C15H23N3O3/c1-20-13-9-11-12(10-14(13)21-2)18(7-4-8-19)15(17-11)5-3-6-16/h9-10,19H,3-8,16H2,1-2H3. The van der Waals surface area contributed by atoms with Crippen molar-refractivity contribution < 1.29 is 14.6 Å². The first-order valence-electron chi connectivity index (χ1n) is 7.17. The van der Waals surface area contributed by atoms with Crippen LogP contribution in [0.4, 0.5) is 0 Å². The van der Waals surface area contributed by atoms with Crippen LogP contribution in [0.2, 0.25) is 0 Å². The molecule has 0 saturated carbocycles. The molecule has 0 fully saturated rings. The minimum Gasteiger partial charge on any atom is -0.493 e. The molecular weight excluding hydrogens is 270 g/mol. The van der Waals surface area contributed by atoms with E-state index in [-0.39, 0.29) is 6.61 Å². The molecule has 1 aromatic carbocycles. The molecule has 0 bridgehead atoms. The third kappa shape index (κ3) is 3.28. The number of ether oxygens (including phenoxy) is 2. The summed E-state index contributed by atoms with van der Waals surface area (Å²) in [6, 6.07) is 3.82.